The molecule has 9 heteroatoms. The number of carbonyl (C=O) groups is 1. The van der Waals surface area contributed by atoms with Crippen LogP contribution in [0.1, 0.15) is 0 Å². The summed E-state index contributed by atoms with van der Waals surface area (Å²) < 4.78 is 31.9. The van der Waals surface area contributed by atoms with Gasteiger partial charge in [-0.05, 0) is 36.4 Å². The topological polar surface area (TPSA) is 87.7 Å². The van der Waals surface area contributed by atoms with Crippen LogP contribution >= 0.6 is 15.9 Å². The van der Waals surface area contributed by atoms with E-state index in [0.29, 0.717) is 5.69 Å². The van der Waals surface area contributed by atoms with Crippen LogP contribution in [-0.4, -0.2) is 46.4 Å². The number of halogens is 1. The van der Waals surface area contributed by atoms with Crippen molar-refractivity contribution in [3.63, 3.8) is 0 Å². The molecular formula is C17H20BrN3O4S. The first-order valence-corrected chi connectivity index (χ1v) is 9.87. The van der Waals surface area contributed by atoms with Gasteiger partial charge in [0.25, 0.3) is 0 Å². The second-order valence-corrected chi connectivity index (χ2v) is 8.60. The van der Waals surface area contributed by atoms with Crippen molar-refractivity contribution in [2.24, 2.45) is 0 Å². The molecular weight excluding hydrogens is 422 g/mol. The van der Waals surface area contributed by atoms with Gasteiger partial charge in [0.2, 0.25) is 15.9 Å². The van der Waals surface area contributed by atoms with E-state index < -0.39 is 10.0 Å². The Labute approximate surface area is 161 Å². The molecule has 0 radical (unpaired) electrons. The van der Waals surface area contributed by atoms with E-state index in [4.69, 9.17) is 4.74 Å². The van der Waals surface area contributed by atoms with Crippen molar-refractivity contribution in [3.8, 4) is 5.75 Å². The summed E-state index contributed by atoms with van der Waals surface area (Å²) in [5.41, 5.74) is 1.16. The van der Waals surface area contributed by atoms with Crippen LogP contribution < -0.4 is 15.4 Å². The first-order valence-electron chi connectivity index (χ1n) is 7.64. The third-order valence-electron chi connectivity index (χ3n) is 3.48. The molecule has 0 aliphatic heterocycles. The van der Waals surface area contributed by atoms with Crippen molar-refractivity contribution in [1.29, 1.82) is 0 Å². The molecule has 26 heavy (non-hydrogen) atoms. The van der Waals surface area contributed by atoms with Gasteiger partial charge in [-0.25, -0.2) is 12.7 Å². The Balaban J connectivity index is 2.13. The summed E-state index contributed by atoms with van der Waals surface area (Å²) in [6, 6.07) is 11.9. The summed E-state index contributed by atoms with van der Waals surface area (Å²) in [7, 11) is 0.556. The normalized spacial score (nSPS) is 11.3. The Bertz CT molecular complexity index is 901. The maximum Gasteiger partial charge on any atom is 0.246 e. The van der Waals surface area contributed by atoms with Crippen molar-refractivity contribution >= 4 is 43.2 Å². The number of nitrogens with zero attached hydrogens (tertiary/aromatic N) is 1. The number of amides is 1. The summed E-state index contributed by atoms with van der Waals surface area (Å²) in [5, 5.41) is 5.68. The molecule has 0 aliphatic rings. The van der Waals surface area contributed by atoms with E-state index in [1.165, 1.54) is 33.3 Å². The molecule has 1 amide bonds. The Morgan fingerprint density at radius 3 is 2.50 bits per heavy atom. The van der Waals surface area contributed by atoms with E-state index >= 15 is 0 Å². The molecule has 7 nitrogen and oxygen atoms in total. The fourth-order valence-electron chi connectivity index (χ4n) is 2.14. The predicted octanol–water partition coefficient (Wildman–Crippen LogP) is 2.76. The lowest BCUT2D eigenvalue weighted by atomic mass is 10.3. The largest absolute Gasteiger partial charge is 0.495 e. The average Bonchev–Trinajstić information content (AvgIpc) is 2.60. The quantitative estimate of drug-likeness (QED) is 0.689. The van der Waals surface area contributed by atoms with E-state index in [9.17, 15) is 13.2 Å². The Morgan fingerprint density at radius 1 is 1.15 bits per heavy atom. The molecule has 2 rings (SSSR count). The number of sulfonamides is 1. The summed E-state index contributed by atoms with van der Waals surface area (Å²) in [6.45, 7) is 0.0399. The molecule has 0 aliphatic carbocycles. The minimum atomic E-state index is -3.70. The lowest BCUT2D eigenvalue weighted by Crippen LogP contribution is -2.24. The van der Waals surface area contributed by atoms with E-state index in [2.05, 4.69) is 26.6 Å². The van der Waals surface area contributed by atoms with Crippen molar-refractivity contribution in [2.45, 2.75) is 4.90 Å². The second-order valence-electron chi connectivity index (χ2n) is 5.57. The van der Waals surface area contributed by atoms with Crippen LogP contribution in [0.4, 0.5) is 11.4 Å². The van der Waals surface area contributed by atoms with Gasteiger partial charge < -0.3 is 15.4 Å². The minimum Gasteiger partial charge on any atom is -0.495 e. The highest BCUT2D eigenvalue weighted by molar-refractivity contribution is 9.10. The molecule has 2 aromatic carbocycles. The van der Waals surface area contributed by atoms with Gasteiger partial charge in [-0.2, -0.15) is 0 Å². The third-order valence-corrected chi connectivity index (χ3v) is 5.81. The van der Waals surface area contributed by atoms with Gasteiger partial charge in [-0.3, -0.25) is 4.79 Å². The maximum atomic E-state index is 12.4. The van der Waals surface area contributed by atoms with E-state index in [-0.39, 0.29) is 23.1 Å². The number of benzene rings is 2. The number of methoxy groups -OCH3 is 1. The number of hydrogen-bond acceptors (Lipinski definition) is 5. The van der Waals surface area contributed by atoms with Crippen molar-refractivity contribution in [2.75, 3.05) is 38.4 Å². The first kappa shape index (κ1) is 20.2. The maximum absolute atomic E-state index is 12.4. The number of hydrogen-bond donors (Lipinski definition) is 2. The molecule has 0 aromatic heterocycles. The van der Waals surface area contributed by atoms with Gasteiger partial charge in [0.15, 0.2) is 0 Å². The molecule has 0 saturated carbocycles. The second kappa shape index (κ2) is 8.52. The van der Waals surface area contributed by atoms with Gasteiger partial charge in [0.05, 0.1) is 13.7 Å². The van der Waals surface area contributed by atoms with E-state index in [0.717, 1.165) is 14.5 Å². The Hall–Kier alpha value is -2.10. The highest BCUT2D eigenvalue weighted by atomic mass is 79.9. The van der Waals surface area contributed by atoms with Gasteiger partial charge >= 0.3 is 0 Å². The fraction of sp³-hybridized carbons (Fsp3) is 0.235. The SMILES string of the molecule is COc1ccc(NC(=O)CNc2cccc(Br)c2)cc1S(=O)(=O)N(C)C. The number of rotatable bonds is 7. The molecule has 0 unspecified atom stereocenters. The Morgan fingerprint density at radius 2 is 1.88 bits per heavy atom. The molecule has 2 N–H and O–H groups in total. The molecule has 0 fully saturated rings. The lowest BCUT2D eigenvalue weighted by molar-refractivity contribution is -0.114. The molecule has 0 atom stereocenters. The molecule has 0 saturated heterocycles. The van der Waals surface area contributed by atoms with Crippen molar-refractivity contribution in [1.82, 2.24) is 4.31 Å². The number of nitrogens with one attached hydrogen (secondary N) is 2. The minimum absolute atomic E-state index is 0.0113. The van der Waals surface area contributed by atoms with Crippen LogP contribution in [0.3, 0.4) is 0 Å². The number of ether oxygens (including phenoxy) is 1. The van der Waals surface area contributed by atoms with Gasteiger partial charge in [-0.15, -0.1) is 0 Å². The van der Waals surface area contributed by atoms with Gasteiger partial charge in [0, 0.05) is 29.9 Å². The van der Waals surface area contributed by atoms with Crippen LogP contribution in [0, 0.1) is 0 Å². The molecule has 0 heterocycles. The zero-order valence-electron chi connectivity index (χ0n) is 14.6. The van der Waals surface area contributed by atoms with Crippen LogP contribution in [0.5, 0.6) is 5.75 Å². The van der Waals surface area contributed by atoms with Gasteiger partial charge in [-0.1, -0.05) is 22.0 Å². The van der Waals surface area contributed by atoms with Crippen LogP contribution in [0.15, 0.2) is 51.8 Å². The average molecular weight is 442 g/mol. The standard InChI is InChI=1S/C17H20BrN3O4S/c1-21(2)26(23,24)16-10-14(7-8-15(16)25-3)20-17(22)11-19-13-6-4-5-12(18)9-13/h4-10,19H,11H2,1-3H3,(H,20,22). The number of anilines is 2. The molecule has 0 spiro atoms. The summed E-state index contributed by atoms with van der Waals surface area (Å²) in [4.78, 5) is 12.1. The van der Waals surface area contributed by atoms with Crippen molar-refractivity contribution in [3.05, 3.63) is 46.9 Å². The molecule has 140 valence electrons. The Kier molecular flexibility index (Phi) is 6.63. The van der Waals surface area contributed by atoms with Crippen LogP contribution in [0.2, 0.25) is 0 Å². The smallest absolute Gasteiger partial charge is 0.246 e. The monoisotopic (exact) mass is 441 g/mol. The number of carbonyl (C=O) groups excluding carboxylic acids is 1. The first-order chi connectivity index (χ1) is 12.2. The summed E-state index contributed by atoms with van der Waals surface area (Å²) in [5.74, 6) is -0.0905. The van der Waals surface area contributed by atoms with Crippen LogP contribution in [0.25, 0.3) is 0 Å². The molecule has 0 bridgehead atoms. The van der Waals surface area contributed by atoms with Gasteiger partial charge in [0.1, 0.15) is 10.6 Å². The zero-order valence-corrected chi connectivity index (χ0v) is 17.0. The van der Waals surface area contributed by atoms with E-state index in [1.807, 2.05) is 24.3 Å². The summed E-state index contributed by atoms with van der Waals surface area (Å²) in [6.07, 6.45) is 0. The van der Waals surface area contributed by atoms with Crippen LogP contribution in [-0.2, 0) is 14.8 Å². The fourth-order valence-corrected chi connectivity index (χ4v) is 3.61. The van der Waals surface area contributed by atoms with E-state index in [1.54, 1.807) is 6.07 Å². The summed E-state index contributed by atoms with van der Waals surface area (Å²) >= 11 is 3.36. The highest BCUT2D eigenvalue weighted by Gasteiger charge is 2.23. The van der Waals surface area contributed by atoms with Crippen molar-refractivity contribution < 1.29 is 17.9 Å². The highest BCUT2D eigenvalue weighted by Crippen LogP contribution is 2.28. The predicted molar refractivity (Wildman–Crippen MR) is 105 cm³/mol. The zero-order chi connectivity index (χ0) is 19.3. The third kappa shape index (κ3) is 4.96. The molecule has 2 aromatic rings. The lowest BCUT2D eigenvalue weighted by Gasteiger charge is -2.16.